The van der Waals surface area contributed by atoms with Crippen LogP contribution in [0.1, 0.15) is 25.7 Å². The number of aliphatic carboxylic acids is 1. The highest BCUT2D eigenvalue weighted by Crippen LogP contribution is 2.30. The molecule has 0 aromatic carbocycles. The van der Waals surface area contributed by atoms with Crippen LogP contribution in [0.5, 0.6) is 0 Å². The van der Waals surface area contributed by atoms with E-state index < -0.39 is 5.97 Å². The number of ether oxygens (including phenoxy) is 2. The van der Waals surface area contributed by atoms with Crippen LogP contribution in [-0.2, 0) is 19.1 Å². The van der Waals surface area contributed by atoms with E-state index in [0.717, 1.165) is 6.42 Å². The van der Waals surface area contributed by atoms with E-state index in [1.807, 2.05) is 0 Å². The quantitative estimate of drug-likeness (QED) is 0.603. The molecule has 1 rings (SSSR count). The number of hydrogen-bond donors (Lipinski definition) is 2. The molecule has 0 spiro atoms. The standard InChI is InChI=1S/C13H23NO5/c1-18-7-8-19-6-2-5-14-12(15)10-3-4-11(9-10)13(16)17/h10-11H,2-9H2,1H3,(H,14,15)(H,16,17)/t10-,11+/m1/s1. The minimum atomic E-state index is -0.790. The third kappa shape index (κ3) is 6.02. The highest BCUT2D eigenvalue weighted by Gasteiger charge is 2.33. The Kier molecular flexibility index (Phi) is 7.43. The summed E-state index contributed by atoms with van der Waals surface area (Å²) in [6.07, 6.45) is 2.50. The van der Waals surface area contributed by atoms with E-state index >= 15 is 0 Å². The molecular weight excluding hydrogens is 250 g/mol. The second-order valence-electron chi connectivity index (χ2n) is 4.79. The van der Waals surface area contributed by atoms with Crippen molar-refractivity contribution in [2.75, 3.05) is 33.5 Å². The molecule has 6 heteroatoms. The number of nitrogens with one attached hydrogen (secondary N) is 1. The minimum Gasteiger partial charge on any atom is -0.481 e. The molecule has 0 radical (unpaired) electrons. The molecule has 110 valence electrons. The fourth-order valence-corrected chi connectivity index (χ4v) is 2.22. The van der Waals surface area contributed by atoms with E-state index in [0.29, 0.717) is 45.6 Å². The molecule has 2 atom stereocenters. The molecular formula is C13H23NO5. The smallest absolute Gasteiger partial charge is 0.306 e. The van der Waals surface area contributed by atoms with Crippen molar-refractivity contribution in [3.63, 3.8) is 0 Å². The van der Waals surface area contributed by atoms with Crippen LogP contribution in [-0.4, -0.2) is 50.5 Å². The van der Waals surface area contributed by atoms with E-state index in [2.05, 4.69) is 5.32 Å². The van der Waals surface area contributed by atoms with Gasteiger partial charge in [0.2, 0.25) is 5.91 Å². The zero-order valence-electron chi connectivity index (χ0n) is 11.4. The van der Waals surface area contributed by atoms with Gasteiger partial charge in [0, 0.05) is 26.2 Å². The van der Waals surface area contributed by atoms with Gasteiger partial charge in [-0.3, -0.25) is 9.59 Å². The summed E-state index contributed by atoms with van der Waals surface area (Å²) in [4.78, 5) is 22.6. The van der Waals surface area contributed by atoms with Gasteiger partial charge >= 0.3 is 5.97 Å². The Morgan fingerprint density at radius 3 is 2.58 bits per heavy atom. The molecule has 0 unspecified atom stereocenters. The summed E-state index contributed by atoms with van der Waals surface area (Å²) in [6, 6.07) is 0. The Bertz CT molecular complexity index is 295. The summed E-state index contributed by atoms with van der Waals surface area (Å²) in [5, 5.41) is 11.7. The highest BCUT2D eigenvalue weighted by atomic mass is 16.5. The maximum Gasteiger partial charge on any atom is 0.306 e. The fraction of sp³-hybridized carbons (Fsp3) is 0.846. The van der Waals surface area contributed by atoms with Crippen molar-refractivity contribution >= 4 is 11.9 Å². The molecule has 0 bridgehead atoms. The third-order valence-corrected chi connectivity index (χ3v) is 3.35. The van der Waals surface area contributed by atoms with Gasteiger partial charge in [-0.2, -0.15) is 0 Å². The first-order valence-electron chi connectivity index (χ1n) is 6.72. The third-order valence-electron chi connectivity index (χ3n) is 3.35. The van der Waals surface area contributed by atoms with Crippen molar-refractivity contribution in [3.05, 3.63) is 0 Å². The highest BCUT2D eigenvalue weighted by molar-refractivity contribution is 5.80. The molecule has 0 aliphatic heterocycles. The van der Waals surface area contributed by atoms with Crippen molar-refractivity contribution in [1.29, 1.82) is 0 Å². The van der Waals surface area contributed by atoms with E-state index in [1.54, 1.807) is 7.11 Å². The van der Waals surface area contributed by atoms with Crippen molar-refractivity contribution in [1.82, 2.24) is 5.32 Å². The number of carboxylic acids is 1. The van der Waals surface area contributed by atoms with Crippen LogP contribution in [0.3, 0.4) is 0 Å². The molecule has 0 aromatic rings. The summed E-state index contributed by atoms with van der Waals surface area (Å²) in [6.45, 7) is 2.30. The molecule has 0 aromatic heterocycles. The molecule has 1 amide bonds. The van der Waals surface area contributed by atoms with E-state index in [9.17, 15) is 9.59 Å². The lowest BCUT2D eigenvalue weighted by atomic mass is 10.0. The van der Waals surface area contributed by atoms with Gasteiger partial charge < -0.3 is 19.9 Å². The van der Waals surface area contributed by atoms with Crippen LogP contribution in [0, 0.1) is 11.8 Å². The summed E-state index contributed by atoms with van der Waals surface area (Å²) >= 11 is 0. The monoisotopic (exact) mass is 273 g/mol. The van der Waals surface area contributed by atoms with E-state index in [-0.39, 0.29) is 17.7 Å². The van der Waals surface area contributed by atoms with Crippen LogP contribution in [0.2, 0.25) is 0 Å². The van der Waals surface area contributed by atoms with Crippen LogP contribution >= 0.6 is 0 Å². The molecule has 19 heavy (non-hydrogen) atoms. The summed E-state index contributed by atoms with van der Waals surface area (Å²) in [5.41, 5.74) is 0. The molecule has 1 aliphatic rings. The molecule has 0 heterocycles. The fourth-order valence-electron chi connectivity index (χ4n) is 2.22. The molecule has 1 aliphatic carbocycles. The van der Waals surface area contributed by atoms with Crippen molar-refractivity contribution in [2.45, 2.75) is 25.7 Å². The Morgan fingerprint density at radius 2 is 1.95 bits per heavy atom. The van der Waals surface area contributed by atoms with Crippen molar-refractivity contribution in [2.24, 2.45) is 11.8 Å². The van der Waals surface area contributed by atoms with Crippen molar-refractivity contribution in [3.8, 4) is 0 Å². The van der Waals surface area contributed by atoms with Crippen LogP contribution in [0.15, 0.2) is 0 Å². The normalized spacial score (nSPS) is 22.4. The van der Waals surface area contributed by atoms with Gasteiger partial charge in [-0.1, -0.05) is 0 Å². The van der Waals surface area contributed by atoms with Gasteiger partial charge in [0.15, 0.2) is 0 Å². The second-order valence-corrected chi connectivity index (χ2v) is 4.79. The predicted molar refractivity (Wildman–Crippen MR) is 68.8 cm³/mol. The summed E-state index contributed by atoms with van der Waals surface area (Å²) < 4.78 is 10.1. The first-order valence-corrected chi connectivity index (χ1v) is 6.72. The Morgan fingerprint density at radius 1 is 1.21 bits per heavy atom. The van der Waals surface area contributed by atoms with E-state index in [1.165, 1.54) is 0 Å². The second kappa shape index (κ2) is 8.87. The molecule has 6 nitrogen and oxygen atoms in total. The lowest BCUT2D eigenvalue weighted by Gasteiger charge is -2.10. The van der Waals surface area contributed by atoms with Gasteiger partial charge in [-0.15, -0.1) is 0 Å². The maximum atomic E-state index is 11.8. The number of rotatable bonds is 9. The van der Waals surface area contributed by atoms with Crippen LogP contribution in [0.25, 0.3) is 0 Å². The number of carbonyl (C=O) groups is 2. The molecule has 2 N–H and O–H groups in total. The van der Waals surface area contributed by atoms with Gasteiger partial charge in [0.05, 0.1) is 19.1 Å². The lowest BCUT2D eigenvalue weighted by Crippen LogP contribution is -2.31. The topological polar surface area (TPSA) is 84.9 Å². The molecule has 0 saturated heterocycles. The number of carbonyl (C=O) groups excluding carboxylic acids is 1. The summed E-state index contributed by atoms with van der Waals surface area (Å²) in [5.74, 6) is -1.31. The number of methoxy groups -OCH3 is 1. The minimum absolute atomic E-state index is 0.0272. The van der Waals surface area contributed by atoms with Crippen LogP contribution < -0.4 is 5.32 Å². The Labute approximate surface area is 113 Å². The largest absolute Gasteiger partial charge is 0.481 e. The lowest BCUT2D eigenvalue weighted by molar-refractivity contribution is -0.141. The van der Waals surface area contributed by atoms with Gasteiger partial charge in [0.1, 0.15) is 0 Å². The van der Waals surface area contributed by atoms with E-state index in [4.69, 9.17) is 14.6 Å². The number of hydrogen-bond acceptors (Lipinski definition) is 4. The molecule has 1 saturated carbocycles. The zero-order chi connectivity index (χ0) is 14.1. The number of carboxylic acid groups (broad SMARTS) is 1. The first kappa shape index (κ1) is 15.9. The number of amides is 1. The van der Waals surface area contributed by atoms with Gasteiger partial charge in [-0.25, -0.2) is 0 Å². The maximum absolute atomic E-state index is 11.8. The predicted octanol–water partition coefficient (Wildman–Crippen LogP) is 0.657. The summed E-state index contributed by atoms with van der Waals surface area (Å²) in [7, 11) is 1.62. The Hall–Kier alpha value is -1.14. The Balaban J connectivity index is 2.04. The average Bonchev–Trinajstić information content (AvgIpc) is 2.87. The molecule has 1 fully saturated rings. The average molecular weight is 273 g/mol. The van der Waals surface area contributed by atoms with Gasteiger partial charge in [0.25, 0.3) is 0 Å². The first-order chi connectivity index (χ1) is 9.15. The van der Waals surface area contributed by atoms with Crippen LogP contribution in [0.4, 0.5) is 0 Å². The SMILES string of the molecule is COCCOCCCNC(=O)[C@@H]1CC[C@H](C(=O)O)C1. The zero-order valence-corrected chi connectivity index (χ0v) is 11.4. The van der Waals surface area contributed by atoms with Crippen molar-refractivity contribution < 1.29 is 24.2 Å². The van der Waals surface area contributed by atoms with Gasteiger partial charge in [-0.05, 0) is 25.7 Å².